The maximum Gasteiger partial charge on any atom is 0.410 e. The maximum absolute atomic E-state index is 13.2. The average molecular weight is 568 g/mol. The van der Waals surface area contributed by atoms with Crippen molar-refractivity contribution in [1.29, 1.82) is 5.26 Å². The molecule has 3 aromatic heterocycles. The monoisotopic (exact) mass is 567 g/mol. The minimum Gasteiger partial charge on any atom is -0.444 e. The molecule has 11 heteroatoms. The summed E-state index contributed by atoms with van der Waals surface area (Å²) in [5.74, 6) is -0.440. The molecule has 1 N–H and O–H groups in total. The van der Waals surface area contributed by atoms with Crippen LogP contribution < -0.4 is 5.32 Å². The van der Waals surface area contributed by atoms with Crippen LogP contribution in [0.1, 0.15) is 43.5 Å². The zero-order valence-corrected chi connectivity index (χ0v) is 24.7. The molecule has 0 aromatic carbocycles. The van der Waals surface area contributed by atoms with Crippen LogP contribution in [0.5, 0.6) is 0 Å². The lowest BCUT2D eigenvalue weighted by atomic mass is 10.1. The molecule has 0 spiro atoms. The third-order valence-corrected chi connectivity index (χ3v) is 7.72. The molecular formula is C29H37N5O5S. The van der Waals surface area contributed by atoms with Crippen molar-refractivity contribution in [3.05, 3.63) is 46.9 Å². The summed E-state index contributed by atoms with van der Waals surface area (Å²) in [6.07, 6.45) is 3.23. The number of hydrogen-bond donors (Lipinski definition) is 1. The van der Waals surface area contributed by atoms with E-state index in [2.05, 4.69) is 33.0 Å². The number of nitriles is 1. The Kier molecular flexibility index (Phi) is 9.13. The zero-order chi connectivity index (χ0) is 29.0. The number of methoxy groups -OCH3 is 1. The number of thiophene rings is 1. The molecule has 10 nitrogen and oxygen atoms in total. The molecule has 3 atom stereocenters. The van der Waals surface area contributed by atoms with E-state index in [1.165, 1.54) is 4.90 Å². The van der Waals surface area contributed by atoms with Crippen LogP contribution in [0.25, 0.3) is 16.0 Å². The van der Waals surface area contributed by atoms with Crippen LogP contribution >= 0.6 is 11.3 Å². The molecule has 1 fully saturated rings. The first kappa shape index (κ1) is 29.5. The summed E-state index contributed by atoms with van der Waals surface area (Å²) in [4.78, 5) is 34.1. The van der Waals surface area contributed by atoms with E-state index in [1.807, 2.05) is 32.2 Å². The van der Waals surface area contributed by atoms with Gasteiger partial charge in [0, 0.05) is 41.2 Å². The highest BCUT2D eigenvalue weighted by Gasteiger charge is 2.33. The molecule has 0 saturated carbocycles. The minimum atomic E-state index is -0.936. The highest BCUT2D eigenvalue weighted by Crippen LogP contribution is 2.31. The number of aryl methyl sites for hydroxylation is 2. The van der Waals surface area contributed by atoms with Crippen molar-refractivity contribution in [3.63, 3.8) is 0 Å². The molecule has 1 aliphatic rings. The van der Waals surface area contributed by atoms with Gasteiger partial charge in [-0.05, 0) is 59.2 Å². The normalized spacial score (nSPS) is 19.0. The minimum absolute atomic E-state index is 0.00211. The van der Waals surface area contributed by atoms with Crippen molar-refractivity contribution in [2.24, 2.45) is 0 Å². The second-order valence-electron chi connectivity index (χ2n) is 11.0. The molecule has 214 valence electrons. The van der Waals surface area contributed by atoms with Crippen LogP contribution in [-0.2, 0) is 25.4 Å². The summed E-state index contributed by atoms with van der Waals surface area (Å²) in [5, 5.41) is 12.6. The Morgan fingerprint density at radius 2 is 2.05 bits per heavy atom. The van der Waals surface area contributed by atoms with E-state index in [0.717, 1.165) is 32.2 Å². The van der Waals surface area contributed by atoms with Crippen molar-refractivity contribution in [2.45, 2.75) is 71.3 Å². The van der Waals surface area contributed by atoms with Crippen molar-refractivity contribution in [2.75, 3.05) is 26.8 Å². The number of hydrogen-bond acceptors (Lipinski definition) is 8. The van der Waals surface area contributed by atoms with Gasteiger partial charge in [-0.15, -0.1) is 11.3 Å². The van der Waals surface area contributed by atoms with E-state index in [4.69, 9.17) is 14.2 Å². The molecular weight excluding hydrogens is 530 g/mol. The Hall–Kier alpha value is -3.46. The van der Waals surface area contributed by atoms with Gasteiger partial charge in [-0.1, -0.05) is 0 Å². The van der Waals surface area contributed by atoms with Gasteiger partial charge in [0.15, 0.2) is 6.10 Å². The van der Waals surface area contributed by atoms with Gasteiger partial charge in [0.2, 0.25) is 0 Å². The largest absolute Gasteiger partial charge is 0.444 e. The molecule has 40 heavy (non-hydrogen) atoms. The van der Waals surface area contributed by atoms with Crippen LogP contribution in [0.2, 0.25) is 0 Å². The van der Waals surface area contributed by atoms with Gasteiger partial charge in [0.05, 0.1) is 48.8 Å². The van der Waals surface area contributed by atoms with E-state index < -0.39 is 29.7 Å². The number of ether oxygens (including phenoxy) is 3. The van der Waals surface area contributed by atoms with E-state index in [1.54, 1.807) is 39.2 Å². The summed E-state index contributed by atoms with van der Waals surface area (Å²) in [6.45, 7) is 9.90. The van der Waals surface area contributed by atoms with Gasteiger partial charge < -0.3 is 28.8 Å². The van der Waals surface area contributed by atoms with Gasteiger partial charge in [-0.3, -0.25) is 9.78 Å². The van der Waals surface area contributed by atoms with Crippen LogP contribution in [0.3, 0.4) is 0 Å². The Bertz CT molecular complexity index is 1400. The molecule has 0 aliphatic carbocycles. The van der Waals surface area contributed by atoms with Crippen LogP contribution in [0.15, 0.2) is 30.6 Å². The highest BCUT2D eigenvalue weighted by molar-refractivity contribution is 7.15. The van der Waals surface area contributed by atoms with Gasteiger partial charge in [0.25, 0.3) is 5.91 Å². The molecule has 0 radical (unpaired) electrons. The summed E-state index contributed by atoms with van der Waals surface area (Å²) >= 11 is 1.59. The zero-order valence-electron chi connectivity index (χ0n) is 23.9. The Labute approximate surface area is 238 Å². The van der Waals surface area contributed by atoms with Gasteiger partial charge >= 0.3 is 6.09 Å². The SMILES string of the molecule is CO[C@H]1CCO[C@H](C(=O)N[C@H](C#N)Cc2ccc(-c3cc4c(C)nc(C)cn4c3)s2)CN(C(=O)OC(C)(C)C)C1. The van der Waals surface area contributed by atoms with E-state index in [9.17, 15) is 14.9 Å². The molecule has 0 unspecified atom stereocenters. The van der Waals surface area contributed by atoms with E-state index >= 15 is 0 Å². The smallest absolute Gasteiger partial charge is 0.410 e. The maximum atomic E-state index is 13.2. The fourth-order valence-electron chi connectivity index (χ4n) is 4.63. The quantitative estimate of drug-likeness (QED) is 0.473. The predicted octanol–water partition coefficient (Wildman–Crippen LogP) is 4.27. The fraction of sp³-hybridized carbons (Fsp3) is 0.517. The lowest BCUT2D eigenvalue weighted by molar-refractivity contribution is -0.137. The van der Waals surface area contributed by atoms with Crippen molar-refractivity contribution in [1.82, 2.24) is 19.6 Å². The molecule has 0 bridgehead atoms. The first-order chi connectivity index (χ1) is 19.0. The number of amides is 2. The number of nitrogens with one attached hydrogen (secondary N) is 1. The number of aromatic nitrogens is 2. The highest BCUT2D eigenvalue weighted by atomic mass is 32.1. The Morgan fingerprint density at radius 1 is 1.27 bits per heavy atom. The van der Waals surface area contributed by atoms with E-state index in [-0.39, 0.29) is 19.2 Å². The number of nitrogens with zero attached hydrogens (tertiary/aromatic N) is 4. The number of carbonyl (C=O) groups is 2. The summed E-state index contributed by atoms with van der Waals surface area (Å²) < 4.78 is 18.9. The third kappa shape index (κ3) is 7.38. The first-order valence-electron chi connectivity index (χ1n) is 13.3. The second kappa shape index (κ2) is 12.4. The van der Waals surface area contributed by atoms with Crippen LogP contribution in [0.4, 0.5) is 4.79 Å². The molecule has 4 heterocycles. The van der Waals surface area contributed by atoms with E-state index in [0.29, 0.717) is 19.4 Å². The number of fused-ring (bicyclic) bond motifs is 1. The third-order valence-electron chi connectivity index (χ3n) is 6.56. The molecule has 1 aliphatic heterocycles. The number of carbonyl (C=O) groups excluding carboxylic acids is 2. The molecule has 4 rings (SSSR count). The fourth-order valence-corrected chi connectivity index (χ4v) is 5.67. The van der Waals surface area contributed by atoms with Crippen molar-refractivity contribution < 1.29 is 23.8 Å². The topological polar surface area (TPSA) is 118 Å². The summed E-state index contributed by atoms with van der Waals surface area (Å²) in [5.41, 5.74) is 3.36. The second-order valence-corrected chi connectivity index (χ2v) is 12.2. The van der Waals surface area contributed by atoms with Crippen LogP contribution in [-0.4, -0.2) is 76.9 Å². The van der Waals surface area contributed by atoms with Gasteiger partial charge in [-0.25, -0.2) is 4.79 Å². The standard InChI is InChI=1S/C29H37N5O5S/c1-18-14-33-15-20(11-24(33)19(2)31-18)26-8-7-23(40-26)12-21(13-30)32-27(35)25-17-34(28(36)39-29(3,4)5)16-22(37-6)9-10-38-25/h7-8,11,14-15,21-22,25H,9-10,12,16-17H2,1-6H3,(H,32,35)/t21-,22-,25-/m0/s1. The predicted molar refractivity (Wildman–Crippen MR) is 152 cm³/mol. The summed E-state index contributed by atoms with van der Waals surface area (Å²) in [7, 11) is 1.58. The number of rotatable bonds is 6. The lowest BCUT2D eigenvalue weighted by Gasteiger charge is -2.34. The Morgan fingerprint density at radius 3 is 2.75 bits per heavy atom. The molecule has 2 amide bonds. The molecule has 1 saturated heterocycles. The lowest BCUT2D eigenvalue weighted by Crippen LogP contribution is -2.53. The average Bonchev–Trinajstić information content (AvgIpc) is 3.49. The van der Waals surface area contributed by atoms with Gasteiger partial charge in [-0.2, -0.15) is 5.26 Å². The van der Waals surface area contributed by atoms with Crippen molar-refractivity contribution >= 4 is 28.9 Å². The van der Waals surface area contributed by atoms with Crippen molar-refractivity contribution in [3.8, 4) is 16.5 Å². The van der Waals surface area contributed by atoms with Gasteiger partial charge in [0.1, 0.15) is 11.6 Å². The van der Waals surface area contributed by atoms with Crippen LogP contribution in [0, 0.1) is 25.2 Å². The first-order valence-corrected chi connectivity index (χ1v) is 14.1. The Balaban J connectivity index is 1.42. The summed E-state index contributed by atoms with van der Waals surface area (Å²) in [6, 6.07) is 7.57. The molecule has 3 aromatic rings.